The number of H-pyrrole nitrogens is 1. The average molecular weight is 372 g/mol. The van der Waals surface area contributed by atoms with Crippen LogP contribution in [0.3, 0.4) is 0 Å². The van der Waals surface area contributed by atoms with Crippen LogP contribution >= 0.6 is 0 Å². The van der Waals surface area contributed by atoms with Crippen molar-refractivity contribution in [3.63, 3.8) is 0 Å². The number of aromatic nitrogens is 1. The molecule has 0 unspecified atom stereocenters. The molecule has 1 aliphatic carbocycles. The second-order valence-electron chi connectivity index (χ2n) is 6.76. The number of rotatable bonds is 4. The molecule has 1 aromatic carbocycles. The number of carbonyl (C=O) groups is 1. The molecule has 3 aromatic rings. The molecular weight excluding hydrogens is 352 g/mol. The van der Waals surface area contributed by atoms with Gasteiger partial charge in [-0.3, -0.25) is 4.79 Å². The molecule has 1 aliphatic rings. The maximum atomic E-state index is 12.8. The van der Waals surface area contributed by atoms with Crippen LogP contribution in [0.2, 0.25) is 0 Å². The molecule has 4 rings (SSSR count). The normalized spacial score (nSPS) is 14.8. The van der Waals surface area contributed by atoms with Gasteiger partial charge in [-0.2, -0.15) is 0 Å². The molecule has 6 nitrogen and oxygen atoms in total. The minimum absolute atomic E-state index is 0.0906. The molecular formula is C19H20N2O4S. The lowest BCUT2D eigenvalue weighted by Crippen LogP contribution is -2.23. The molecule has 0 saturated carbocycles. The Bertz CT molecular complexity index is 1120. The van der Waals surface area contributed by atoms with Gasteiger partial charge in [-0.05, 0) is 56.5 Å². The number of nitrogens with one attached hydrogen (secondary N) is 2. The monoisotopic (exact) mass is 372 g/mol. The van der Waals surface area contributed by atoms with E-state index >= 15 is 0 Å². The smallest absolute Gasteiger partial charge is 0.241 e. The van der Waals surface area contributed by atoms with Crippen LogP contribution in [-0.4, -0.2) is 19.2 Å². The zero-order valence-electron chi connectivity index (χ0n) is 14.7. The van der Waals surface area contributed by atoms with Crippen LogP contribution < -0.4 is 4.72 Å². The maximum absolute atomic E-state index is 12.8. The van der Waals surface area contributed by atoms with Gasteiger partial charge in [0.25, 0.3) is 0 Å². The number of benzene rings is 1. The first-order chi connectivity index (χ1) is 12.3. The van der Waals surface area contributed by atoms with Crippen molar-refractivity contribution in [1.82, 2.24) is 9.71 Å². The highest BCUT2D eigenvalue weighted by atomic mass is 32.2. The van der Waals surface area contributed by atoms with Gasteiger partial charge in [0.05, 0.1) is 11.4 Å². The fourth-order valence-corrected chi connectivity index (χ4v) is 4.80. The van der Waals surface area contributed by atoms with Crippen LogP contribution in [0.15, 0.2) is 33.6 Å². The number of furan rings is 1. The fraction of sp³-hybridized carbons (Fsp3) is 0.316. The molecule has 0 amide bonds. The summed E-state index contributed by atoms with van der Waals surface area (Å²) in [4.78, 5) is 15.7. The van der Waals surface area contributed by atoms with Crippen LogP contribution in [0.1, 0.15) is 46.0 Å². The first-order valence-electron chi connectivity index (χ1n) is 8.58. The lowest BCUT2D eigenvalue weighted by atomic mass is 9.94. The van der Waals surface area contributed by atoms with Crippen LogP contribution in [0.25, 0.3) is 10.9 Å². The second kappa shape index (κ2) is 6.10. The number of aryl methyl sites for hydroxylation is 3. The van der Waals surface area contributed by atoms with E-state index in [1.807, 2.05) is 6.92 Å². The summed E-state index contributed by atoms with van der Waals surface area (Å²) in [6.45, 7) is 3.65. The minimum Gasteiger partial charge on any atom is -0.465 e. The summed E-state index contributed by atoms with van der Waals surface area (Å²) >= 11 is 0. The first-order valence-corrected chi connectivity index (χ1v) is 10.1. The molecule has 136 valence electrons. The quantitative estimate of drug-likeness (QED) is 0.734. The van der Waals surface area contributed by atoms with E-state index in [1.54, 1.807) is 31.2 Å². The molecule has 0 spiro atoms. The van der Waals surface area contributed by atoms with Crippen LogP contribution in [0.4, 0.5) is 0 Å². The number of Topliss-reactive ketones (excluding diaryl/α,β-unsaturated/α-hetero) is 1. The van der Waals surface area contributed by atoms with Crippen molar-refractivity contribution >= 4 is 26.7 Å². The van der Waals surface area contributed by atoms with Gasteiger partial charge < -0.3 is 9.40 Å². The van der Waals surface area contributed by atoms with Crippen molar-refractivity contribution in [2.45, 2.75) is 44.6 Å². The predicted molar refractivity (Wildman–Crippen MR) is 97.8 cm³/mol. The molecule has 0 radical (unpaired) electrons. The van der Waals surface area contributed by atoms with E-state index in [4.69, 9.17) is 4.42 Å². The van der Waals surface area contributed by atoms with Gasteiger partial charge in [-0.15, -0.1) is 0 Å². The Morgan fingerprint density at radius 1 is 1.19 bits per heavy atom. The molecule has 7 heteroatoms. The van der Waals surface area contributed by atoms with Crippen molar-refractivity contribution in [3.05, 3.63) is 52.6 Å². The highest BCUT2D eigenvalue weighted by molar-refractivity contribution is 7.89. The van der Waals surface area contributed by atoms with E-state index in [0.717, 1.165) is 35.2 Å². The van der Waals surface area contributed by atoms with Crippen molar-refractivity contribution in [2.75, 3.05) is 0 Å². The number of hydrogen-bond acceptors (Lipinski definition) is 4. The highest BCUT2D eigenvalue weighted by Gasteiger charge is 2.25. The summed E-state index contributed by atoms with van der Waals surface area (Å²) in [7, 11) is -3.70. The Balaban J connectivity index is 1.71. The van der Waals surface area contributed by atoms with E-state index in [9.17, 15) is 13.2 Å². The number of aromatic amines is 1. The van der Waals surface area contributed by atoms with Crippen LogP contribution in [0, 0.1) is 13.8 Å². The molecule has 0 aliphatic heterocycles. The zero-order chi connectivity index (χ0) is 18.5. The maximum Gasteiger partial charge on any atom is 0.241 e. The van der Waals surface area contributed by atoms with Crippen LogP contribution in [-0.2, 0) is 23.0 Å². The molecule has 2 aromatic heterocycles. The van der Waals surface area contributed by atoms with E-state index in [0.29, 0.717) is 23.3 Å². The van der Waals surface area contributed by atoms with Gasteiger partial charge in [0.2, 0.25) is 10.0 Å². The second-order valence-corrected chi connectivity index (χ2v) is 8.49. The summed E-state index contributed by atoms with van der Waals surface area (Å²) in [5.41, 5.74) is 2.92. The minimum atomic E-state index is -3.70. The van der Waals surface area contributed by atoms with Crippen molar-refractivity contribution in [3.8, 4) is 0 Å². The molecule has 0 atom stereocenters. The molecule has 2 N–H and O–H groups in total. The lowest BCUT2D eigenvalue weighted by molar-refractivity contribution is 0.0974. The Labute approximate surface area is 151 Å². The van der Waals surface area contributed by atoms with E-state index in [1.165, 1.54) is 0 Å². The Morgan fingerprint density at radius 2 is 2.00 bits per heavy atom. The third-order valence-corrected chi connectivity index (χ3v) is 6.35. The Hall–Kier alpha value is -2.38. The molecule has 0 saturated heterocycles. The highest BCUT2D eigenvalue weighted by Crippen LogP contribution is 2.32. The summed E-state index contributed by atoms with van der Waals surface area (Å²) in [6.07, 6.45) is 2.18. The summed E-state index contributed by atoms with van der Waals surface area (Å²) < 4.78 is 33.5. The third-order valence-electron chi connectivity index (χ3n) is 4.80. The first kappa shape index (κ1) is 17.1. The summed E-state index contributed by atoms with van der Waals surface area (Å²) in [6, 6.07) is 6.95. The molecule has 26 heavy (non-hydrogen) atoms. The van der Waals surface area contributed by atoms with E-state index in [2.05, 4.69) is 9.71 Å². The Morgan fingerprint density at radius 3 is 2.73 bits per heavy atom. The lowest BCUT2D eigenvalue weighted by Gasteiger charge is -2.10. The molecule has 2 heterocycles. The van der Waals surface area contributed by atoms with Gasteiger partial charge >= 0.3 is 0 Å². The predicted octanol–water partition coefficient (Wildman–Crippen LogP) is 3.38. The zero-order valence-corrected chi connectivity index (χ0v) is 15.5. The number of hydrogen-bond donors (Lipinski definition) is 2. The van der Waals surface area contributed by atoms with Crippen LogP contribution in [0.5, 0.6) is 0 Å². The van der Waals surface area contributed by atoms with Crippen molar-refractivity contribution < 1.29 is 17.6 Å². The number of carbonyl (C=O) groups excluding carboxylic acids is 1. The van der Waals surface area contributed by atoms with Gasteiger partial charge in [0.15, 0.2) is 5.78 Å². The summed E-state index contributed by atoms with van der Waals surface area (Å²) in [5, 5.41) is 0.808. The van der Waals surface area contributed by atoms with E-state index < -0.39 is 10.0 Å². The third kappa shape index (κ3) is 2.87. The number of fused-ring (bicyclic) bond motifs is 3. The SMILES string of the molecule is Cc1ccc(CNS(=O)(=O)c2cc3[nH]c4c(c3cc2C)C(=O)CCC4)o1. The molecule has 0 fully saturated rings. The topological polar surface area (TPSA) is 92.2 Å². The molecule has 0 bridgehead atoms. The standard InChI is InChI=1S/C19H20N2O4S/c1-11-8-14-16(21-15-4-3-5-17(22)19(14)15)9-18(11)26(23,24)20-10-13-7-6-12(2)25-13/h6-9,20-21H,3-5,10H2,1-2H3. The van der Waals surface area contributed by atoms with Gasteiger partial charge in [0, 0.05) is 28.6 Å². The Kier molecular flexibility index (Phi) is 4.00. The van der Waals surface area contributed by atoms with E-state index in [-0.39, 0.29) is 17.2 Å². The summed E-state index contributed by atoms with van der Waals surface area (Å²) in [5.74, 6) is 1.42. The van der Waals surface area contributed by atoms with Gasteiger partial charge in [-0.1, -0.05) is 0 Å². The average Bonchev–Trinajstić information content (AvgIpc) is 3.16. The van der Waals surface area contributed by atoms with Crippen molar-refractivity contribution in [1.29, 1.82) is 0 Å². The van der Waals surface area contributed by atoms with Crippen molar-refractivity contribution in [2.24, 2.45) is 0 Å². The van der Waals surface area contributed by atoms with Gasteiger partial charge in [-0.25, -0.2) is 13.1 Å². The number of ketones is 1. The largest absolute Gasteiger partial charge is 0.465 e. The van der Waals surface area contributed by atoms with Gasteiger partial charge in [0.1, 0.15) is 11.5 Å². The fourth-order valence-electron chi connectivity index (χ4n) is 3.56. The number of sulfonamides is 1.